The van der Waals surface area contributed by atoms with Crippen molar-refractivity contribution in [2.24, 2.45) is 0 Å². The molecule has 0 aliphatic rings. The summed E-state index contributed by atoms with van der Waals surface area (Å²) < 4.78 is 1.71. The van der Waals surface area contributed by atoms with Crippen molar-refractivity contribution in [3.63, 3.8) is 0 Å². The van der Waals surface area contributed by atoms with Gasteiger partial charge in [-0.2, -0.15) is 10.5 Å². The summed E-state index contributed by atoms with van der Waals surface area (Å²) in [5.74, 6) is 0. The Hall–Kier alpha value is -7.58. The van der Waals surface area contributed by atoms with E-state index in [9.17, 15) is 14.8 Å². The van der Waals surface area contributed by atoms with Gasteiger partial charge in [-0.15, -0.1) is 9.46 Å². The Balaban J connectivity index is 0.000000188. The van der Waals surface area contributed by atoms with Crippen LogP contribution in [0.5, 0.6) is 0 Å². The van der Waals surface area contributed by atoms with Crippen LogP contribution in [0.3, 0.4) is 0 Å². The Morgan fingerprint density at radius 3 is 1.74 bits per heavy atom. The van der Waals surface area contributed by atoms with E-state index >= 15 is 0 Å². The van der Waals surface area contributed by atoms with Crippen molar-refractivity contribution in [3.05, 3.63) is 164 Å². The van der Waals surface area contributed by atoms with Crippen LogP contribution in [0.1, 0.15) is 39.2 Å². The molecule has 4 heterocycles. The molecule has 0 atom stereocenters. The van der Waals surface area contributed by atoms with Gasteiger partial charge in [0.05, 0.1) is 56.8 Å². The first kappa shape index (κ1) is 35.3. The van der Waals surface area contributed by atoms with Crippen LogP contribution in [0.4, 0.5) is 11.4 Å². The maximum absolute atomic E-state index is 12.8. The Morgan fingerprint density at radius 2 is 1.17 bits per heavy atom. The molecule has 262 valence electrons. The Labute approximate surface area is 302 Å². The average Bonchev–Trinajstić information content (AvgIpc) is 3.18. The Kier molecular flexibility index (Phi) is 10.6. The van der Waals surface area contributed by atoms with E-state index < -0.39 is 5.56 Å². The molecular formula is C39H32N10O4. The second kappa shape index (κ2) is 16.0. The topological polar surface area (TPSA) is 197 Å². The van der Waals surface area contributed by atoms with E-state index in [1.54, 1.807) is 31.2 Å². The van der Waals surface area contributed by atoms with Crippen LogP contribution in [-0.4, -0.2) is 34.6 Å². The van der Waals surface area contributed by atoms with Gasteiger partial charge in [0.2, 0.25) is 0 Å². The second-order valence-electron chi connectivity index (χ2n) is 11.8. The summed E-state index contributed by atoms with van der Waals surface area (Å²) in [6.45, 7) is 4.75. The standard InChI is InChI=1S/C23H19N5O2.C16H13N5O2/c1-16-22-20(25-13-19-9-5-8-18(10-19)12-24)11-21(29)28(23(22)27-15-26-16)30-14-17-6-3-2-4-7-17;1-10-15-13(6-14(22)21(23)16(15)20-9-19-10)18-8-12-4-2-3-11(5-12)7-17/h2-11,15,25H,13-14H2,1H3;2-6,9,18,23H,8H2,1H3. The van der Waals surface area contributed by atoms with Gasteiger partial charge in [0.15, 0.2) is 11.3 Å². The zero-order valence-corrected chi connectivity index (χ0v) is 28.7. The predicted molar refractivity (Wildman–Crippen MR) is 198 cm³/mol. The number of benzene rings is 3. The molecule has 7 rings (SSSR count). The molecule has 0 bridgehead atoms. The molecule has 14 heteroatoms. The summed E-state index contributed by atoms with van der Waals surface area (Å²) in [6, 6.07) is 31.1. The first-order valence-corrected chi connectivity index (χ1v) is 16.3. The lowest BCUT2D eigenvalue weighted by molar-refractivity contribution is 0.0979. The second-order valence-corrected chi connectivity index (χ2v) is 11.8. The third-order valence-electron chi connectivity index (χ3n) is 8.19. The minimum Gasteiger partial charge on any atom is -0.423 e. The minimum atomic E-state index is -0.580. The molecule has 0 fully saturated rings. The summed E-state index contributed by atoms with van der Waals surface area (Å²) in [6.07, 6.45) is 2.71. The van der Waals surface area contributed by atoms with Crippen LogP contribution in [0.15, 0.2) is 113 Å². The zero-order valence-electron chi connectivity index (χ0n) is 28.7. The van der Waals surface area contributed by atoms with Gasteiger partial charge < -0.3 is 20.7 Å². The van der Waals surface area contributed by atoms with E-state index in [4.69, 9.17) is 15.4 Å². The molecule has 4 aromatic heterocycles. The smallest absolute Gasteiger partial charge is 0.287 e. The number of nitrogens with one attached hydrogen (secondary N) is 2. The highest BCUT2D eigenvalue weighted by molar-refractivity contribution is 5.91. The molecule has 0 spiro atoms. The van der Waals surface area contributed by atoms with Crippen molar-refractivity contribution in [2.45, 2.75) is 33.5 Å². The fourth-order valence-corrected chi connectivity index (χ4v) is 5.60. The van der Waals surface area contributed by atoms with E-state index in [2.05, 4.69) is 42.7 Å². The van der Waals surface area contributed by atoms with E-state index in [0.717, 1.165) is 22.4 Å². The third-order valence-corrected chi connectivity index (χ3v) is 8.19. The Bertz CT molecular complexity index is 2640. The molecule has 0 saturated carbocycles. The lowest BCUT2D eigenvalue weighted by Gasteiger charge is -2.15. The van der Waals surface area contributed by atoms with Gasteiger partial charge in [-0.3, -0.25) is 9.59 Å². The number of rotatable bonds is 9. The summed E-state index contributed by atoms with van der Waals surface area (Å²) in [5.41, 5.74) is 6.11. The van der Waals surface area contributed by atoms with Crippen molar-refractivity contribution in [2.75, 3.05) is 10.6 Å². The number of anilines is 2. The summed E-state index contributed by atoms with van der Waals surface area (Å²) in [4.78, 5) is 47.1. The van der Waals surface area contributed by atoms with Crippen LogP contribution >= 0.6 is 0 Å². The SMILES string of the molecule is Cc1ncnc2c1c(NCc1cccc(C#N)c1)cc(=O)n2O.Cc1ncnc2c1c(NCc1cccc(C#N)c1)cc(=O)n2OCc1ccccc1. The molecule has 3 aromatic carbocycles. The minimum absolute atomic E-state index is 0.151. The first-order valence-electron chi connectivity index (χ1n) is 16.3. The van der Waals surface area contributed by atoms with Gasteiger partial charge in [0.25, 0.3) is 11.1 Å². The number of aryl methyl sites for hydroxylation is 2. The van der Waals surface area contributed by atoms with E-state index in [1.807, 2.05) is 61.5 Å². The summed E-state index contributed by atoms with van der Waals surface area (Å²) in [5, 5.41) is 35.5. The lowest BCUT2D eigenvalue weighted by Crippen LogP contribution is -2.28. The number of hydrogen-bond acceptors (Lipinski definition) is 12. The van der Waals surface area contributed by atoms with Crippen LogP contribution in [-0.2, 0) is 19.7 Å². The quantitative estimate of drug-likeness (QED) is 0.170. The molecule has 0 saturated heterocycles. The van der Waals surface area contributed by atoms with Gasteiger partial charge in [-0.05, 0) is 54.8 Å². The van der Waals surface area contributed by atoms with E-state index in [-0.39, 0.29) is 17.8 Å². The number of hydrogen-bond donors (Lipinski definition) is 3. The van der Waals surface area contributed by atoms with Crippen molar-refractivity contribution in [1.82, 2.24) is 29.4 Å². The molecule has 7 aromatic rings. The number of aromatic nitrogens is 6. The maximum Gasteiger partial charge on any atom is 0.287 e. The molecule has 0 radical (unpaired) electrons. The van der Waals surface area contributed by atoms with Crippen LogP contribution in [0.2, 0.25) is 0 Å². The van der Waals surface area contributed by atoms with Gasteiger partial charge in [-0.25, -0.2) is 19.9 Å². The number of fused-ring (bicyclic) bond motifs is 2. The van der Waals surface area contributed by atoms with Crippen molar-refractivity contribution >= 4 is 33.4 Å². The number of pyridine rings is 2. The molecule has 0 unspecified atom stereocenters. The summed E-state index contributed by atoms with van der Waals surface area (Å²) in [7, 11) is 0. The molecule has 0 amide bonds. The zero-order chi connectivity index (χ0) is 37.3. The van der Waals surface area contributed by atoms with Crippen LogP contribution < -0.4 is 26.6 Å². The predicted octanol–water partition coefficient (Wildman–Crippen LogP) is 5.03. The fourth-order valence-electron chi connectivity index (χ4n) is 5.60. The third kappa shape index (κ3) is 8.09. The van der Waals surface area contributed by atoms with E-state index in [0.29, 0.717) is 62.4 Å². The highest BCUT2D eigenvalue weighted by atomic mass is 16.7. The molecule has 53 heavy (non-hydrogen) atoms. The molecular weight excluding hydrogens is 672 g/mol. The van der Waals surface area contributed by atoms with Gasteiger partial charge in [-0.1, -0.05) is 54.6 Å². The average molecular weight is 705 g/mol. The first-order chi connectivity index (χ1) is 25.7. The molecule has 14 nitrogen and oxygen atoms in total. The maximum atomic E-state index is 12.8. The van der Waals surface area contributed by atoms with Gasteiger partial charge in [0.1, 0.15) is 19.3 Å². The number of nitriles is 2. The van der Waals surface area contributed by atoms with Gasteiger partial charge in [0, 0.05) is 25.2 Å². The van der Waals surface area contributed by atoms with E-state index in [1.165, 1.54) is 29.5 Å². The van der Waals surface area contributed by atoms with Crippen molar-refractivity contribution < 1.29 is 10.0 Å². The Morgan fingerprint density at radius 1 is 0.660 bits per heavy atom. The summed E-state index contributed by atoms with van der Waals surface area (Å²) >= 11 is 0. The fraction of sp³-hybridized carbons (Fsp3) is 0.128. The molecule has 0 aliphatic carbocycles. The highest BCUT2D eigenvalue weighted by Crippen LogP contribution is 2.24. The van der Waals surface area contributed by atoms with Crippen LogP contribution in [0, 0.1) is 36.5 Å². The number of nitrogens with zero attached hydrogens (tertiary/aromatic N) is 8. The van der Waals surface area contributed by atoms with Crippen LogP contribution in [0.25, 0.3) is 22.1 Å². The molecule has 3 N–H and O–H groups in total. The normalized spacial score (nSPS) is 10.5. The van der Waals surface area contributed by atoms with Gasteiger partial charge >= 0.3 is 0 Å². The highest BCUT2D eigenvalue weighted by Gasteiger charge is 2.15. The monoisotopic (exact) mass is 704 g/mol. The van der Waals surface area contributed by atoms with Crippen molar-refractivity contribution in [3.8, 4) is 12.1 Å². The largest absolute Gasteiger partial charge is 0.423 e. The molecule has 0 aliphatic heterocycles. The lowest BCUT2D eigenvalue weighted by atomic mass is 10.1. The van der Waals surface area contributed by atoms with Crippen molar-refractivity contribution in [1.29, 1.82) is 10.5 Å².